The summed E-state index contributed by atoms with van der Waals surface area (Å²) in [5, 5.41) is 12.4. The number of nitrogens with one attached hydrogen (secondary N) is 2. The molecule has 2 saturated carbocycles. The summed E-state index contributed by atoms with van der Waals surface area (Å²) in [6.07, 6.45) is 5.06. The van der Waals surface area contributed by atoms with Crippen molar-refractivity contribution in [2.45, 2.75) is 63.2 Å². The van der Waals surface area contributed by atoms with Crippen LogP contribution in [-0.4, -0.2) is 27.4 Å². The van der Waals surface area contributed by atoms with E-state index in [-0.39, 0.29) is 23.5 Å². The molecule has 0 aliphatic heterocycles. The van der Waals surface area contributed by atoms with Crippen molar-refractivity contribution in [2.24, 2.45) is 0 Å². The Bertz CT molecular complexity index is 1590. The summed E-state index contributed by atoms with van der Waals surface area (Å²) >= 11 is 13.0. The molecule has 2 aromatic heterocycles. The van der Waals surface area contributed by atoms with Crippen molar-refractivity contribution in [3.63, 3.8) is 0 Å². The second-order valence-corrected chi connectivity index (χ2v) is 11.2. The number of aromatic nitrogens is 3. The molecule has 6 rings (SSSR count). The summed E-state index contributed by atoms with van der Waals surface area (Å²) in [6, 6.07) is 10.1. The fraction of sp³-hybridized carbons (Fsp3) is 0.345. The molecule has 0 amide bonds. The fourth-order valence-electron chi connectivity index (χ4n) is 5.21. The molecular formula is C29H27Cl2FN4O4. The van der Waals surface area contributed by atoms with Crippen LogP contribution in [0, 0.1) is 5.82 Å². The summed E-state index contributed by atoms with van der Waals surface area (Å²) in [5.41, 5.74) is 4.01. The minimum Gasteiger partial charge on any atom is -0.382 e. The zero-order valence-corrected chi connectivity index (χ0v) is 23.0. The lowest BCUT2D eigenvalue weighted by molar-refractivity contribution is 0.0342. The predicted molar refractivity (Wildman–Crippen MR) is 150 cm³/mol. The molecule has 0 spiro atoms. The lowest BCUT2D eigenvalue weighted by Gasteiger charge is -2.23. The van der Waals surface area contributed by atoms with Crippen molar-refractivity contribution in [1.82, 2.24) is 15.3 Å². The molecule has 208 valence electrons. The van der Waals surface area contributed by atoms with Gasteiger partial charge in [-0.05, 0) is 68.9 Å². The molecule has 0 saturated heterocycles. The highest BCUT2D eigenvalue weighted by Gasteiger charge is 2.34. The van der Waals surface area contributed by atoms with Gasteiger partial charge < -0.3 is 14.6 Å². The highest BCUT2D eigenvalue weighted by molar-refractivity contribution is 6.39. The molecule has 2 aliphatic carbocycles. The molecule has 40 heavy (non-hydrogen) atoms. The predicted octanol–water partition coefficient (Wildman–Crippen LogP) is 7.50. The van der Waals surface area contributed by atoms with Gasteiger partial charge in [-0.15, -0.1) is 0 Å². The first-order chi connectivity index (χ1) is 19.4. The molecular weight excluding hydrogens is 558 g/mol. The normalized spacial score (nSPS) is 19.5. The Labute approximate surface area is 239 Å². The van der Waals surface area contributed by atoms with Gasteiger partial charge in [0.25, 0.3) is 0 Å². The first-order valence-corrected chi connectivity index (χ1v) is 13.9. The number of hydrogen-bond acceptors (Lipinski definition) is 7. The van der Waals surface area contributed by atoms with Crippen LogP contribution in [0.1, 0.15) is 55.8 Å². The summed E-state index contributed by atoms with van der Waals surface area (Å²) in [7, 11) is 0. The summed E-state index contributed by atoms with van der Waals surface area (Å²) < 4.78 is 31.6. The maximum absolute atomic E-state index is 14.8. The molecule has 0 bridgehead atoms. The minimum atomic E-state index is -0.737. The van der Waals surface area contributed by atoms with Crippen LogP contribution in [0.3, 0.4) is 0 Å². The van der Waals surface area contributed by atoms with Gasteiger partial charge in [0, 0.05) is 28.8 Å². The molecule has 8 nitrogen and oxygen atoms in total. The molecule has 11 heteroatoms. The van der Waals surface area contributed by atoms with Crippen molar-refractivity contribution in [3.05, 3.63) is 86.3 Å². The van der Waals surface area contributed by atoms with Crippen molar-refractivity contribution in [1.29, 1.82) is 0 Å². The Morgan fingerprint density at radius 3 is 2.62 bits per heavy atom. The van der Waals surface area contributed by atoms with Crippen LogP contribution < -0.4 is 11.1 Å². The molecule has 2 fully saturated rings. The number of anilines is 1. The van der Waals surface area contributed by atoms with Crippen LogP contribution in [0.15, 0.2) is 62.4 Å². The number of halogens is 3. The van der Waals surface area contributed by atoms with E-state index in [1.165, 1.54) is 6.07 Å². The number of hydrogen-bond donors (Lipinski definition) is 2. The Morgan fingerprint density at radius 1 is 1.12 bits per heavy atom. The van der Waals surface area contributed by atoms with Crippen LogP contribution in [-0.2, 0) is 11.3 Å². The lowest BCUT2D eigenvalue weighted by Crippen LogP contribution is -2.25. The Balaban J connectivity index is 1.18. The van der Waals surface area contributed by atoms with Crippen molar-refractivity contribution >= 4 is 28.9 Å². The Kier molecular flexibility index (Phi) is 7.53. The fourth-order valence-corrected chi connectivity index (χ4v) is 5.78. The van der Waals surface area contributed by atoms with E-state index in [0.717, 1.165) is 49.0 Å². The van der Waals surface area contributed by atoms with Gasteiger partial charge in [0.2, 0.25) is 0 Å². The topological polar surface area (TPSA) is 106 Å². The van der Waals surface area contributed by atoms with Crippen LogP contribution in [0.5, 0.6) is 0 Å². The number of aromatic amines is 1. The maximum atomic E-state index is 14.8. The minimum absolute atomic E-state index is 0.0317. The van der Waals surface area contributed by atoms with Gasteiger partial charge in [-0.25, -0.2) is 9.18 Å². The highest BCUT2D eigenvalue weighted by atomic mass is 35.5. The van der Waals surface area contributed by atoms with Crippen molar-refractivity contribution in [2.75, 3.05) is 5.32 Å². The van der Waals surface area contributed by atoms with Gasteiger partial charge in [-0.3, -0.25) is 9.51 Å². The van der Waals surface area contributed by atoms with Gasteiger partial charge in [-0.2, -0.15) is 0 Å². The number of H-pyrrole nitrogens is 1. The van der Waals surface area contributed by atoms with Crippen molar-refractivity contribution in [3.8, 4) is 22.6 Å². The summed E-state index contributed by atoms with van der Waals surface area (Å²) in [5.74, 6) is -0.0557. The van der Waals surface area contributed by atoms with E-state index in [9.17, 15) is 9.18 Å². The monoisotopic (exact) mass is 584 g/mol. The quantitative estimate of drug-likeness (QED) is 0.163. The van der Waals surface area contributed by atoms with Crippen LogP contribution in [0.2, 0.25) is 10.0 Å². The molecule has 2 unspecified atom stereocenters. The highest BCUT2D eigenvalue weighted by Crippen LogP contribution is 2.46. The van der Waals surface area contributed by atoms with E-state index in [1.807, 2.05) is 0 Å². The van der Waals surface area contributed by atoms with E-state index in [2.05, 4.69) is 31.7 Å². The number of rotatable bonds is 8. The van der Waals surface area contributed by atoms with E-state index in [1.54, 1.807) is 30.3 Å². The molecule has 2 N–H and O–H groups in total. The Hall–Kier alpha value is -3.40. The third-order valence-electron chi connectivity index (χ3n) is 7.38. The average Bonchev–Trinajstić information content (AvgIpc) is 3.58. The maximum Gasteiger partial charge on any atom is 0.439 e. The van der Waals surface area contributed by atoms with Gasteiger partial charge >= 0.3 is 5.76 Å². The van der Waals surface area contributed by atoms with Crippen LogP contribution in [0.4, 0.5) is 10.1 Å². The van der Waals surface area contributed by atoms with E-state index in [4.69, 9.17) is 32.5 Å². The van der Waals surface area contributed by atoms with Crippen LogP contribution in [0.25, 0.3) is 22.6 Å². The number of benzene rings is 2. The largest absolute Gasteiger partial charge is 0.439 e. The summed E-state index contributed by atoms with van der Waals surface area (Å²) in [6.45, 7) is 4.54. The van der Waals surface area contributed by atoms with Gasteiger partial charge in [0.05, 0.1) is 28.3 Å². The zero-order chi connectivity index (χ0) is 27.8. The number of nitrogens with zero attached hydrogens (tertiary/aromatic N) is 2. The first-order valence-electron chi connectivity index (χ1n) is 13.2. The lowest BCUT2D eigenvalue weighted by atomic mass is 10.0. The second kappa shape index (κ2) is 11.2. The smallest absolute Gasteiger partial charge is 0.382 e. The van der Waals surface area contributed by atoms with E-state index < -0.39 is 11.6 Å². The Morgan fingerprint density at radius 2 is 1.93 bits per heavy atom. The first kappa shape index (κ1) is 26.8. The third kappa shape index (κ3) is 5.73. The third-order valence-corrected chi connectivity index (χ3v) is 8.00. The molecule has 0 radical (unpaired) electrons. The summed E-state index contributed by atoms with van der Waals surface area (Å²) in [4.78, 5) is 13.6. The second-order valence-electron chi connectivity index (χ2n) is 10.4. The van der Waals surface area contributed by atoms with Gasteiger partial charge in [0.1, 0.15) is 17.3 Å². The molecule has 4 aromatic rings. The van der Waals surface area contributed by atoms with E-state index >= 15 is 0 Å². The van der Waals surface area contributed by atoms with Gasteiger partial charge in [0.15, 0.2) is 5.82 Å². The molecule has 2 aromatic carbocycles. The molecule has 2 atom stereocenters. The van der Waals surface area contributed by atoms with Crippen LogP contribution >= 0.6 is 23.2 Å². The molecule has 2 heterocycles. The zero-order valence-electron chi connectivity index (χ0n) is 21.5. The van der Waals surface area contributed by atoms with E-state index in [0.29, 0.717) is 45.9 Å². The SMILES string of the molecule is C=C1CCC(Nc2ccc(-c3noc(=O)[nH]3)c(F)c2)CC(OCc2c(-c3c(Cl)cccc3Cl)noc2C2CC2)C1. The van der Waals surface area contributed by atoms with Gasteiger partial charge in [-0.1, -0.05) is 51.7 Å². The average molecular weight is 585 g/mol. The standard InChI is InChI=1S/C29H27Cl2FN4O4/c1-15-5-8-17(33-18-9-10-20(24(32)13-18)28-34-29(37)40-36-28)12-19(11-15)38-14-21-26(35-39-27(21)16-6-7-16)25-22(30)3-2-4-23(25)31/h2-4,9-10,13,16-17,19,33H,1,5-8,11-12,14H2,(H,34,36,37). The molecule has 2 aliphatic rings. The number of ether oxygens (including phenoxy) is 1. The van der Waals surface area contributed by atoms with Crippen molar-refractivity contribution < 1.29 is 18.2 Å².